The second kappa shape index (κ2) is 10.4. The van der Waals surface area contributed by atoms with Gasteiger partial charge < -0.3 is 14.8 Å². The number of amides is 1. The average molecular weight is 385 g/mol. The molecule has 0 heterocycles. The molecule has 0 spiro atoms. The molecule has 0 bridgehead atoms. The van der Waals surface area contributed by atoms with Crippen LogP contribution in [0, 0.1) is 17.8 Å². The van der Waals surface area contributed by atoms with Crippen LogP contribution in [0.5, 0.6) is 0 Å². The lowest BCUT2D eigenvalue weighted by atomic mass is 9.92. The van der Waals surface area contributed by atoms with Gasteiger partial charge in [-0.25, -0.2) is 4.79 Å². The maximum atomic E-state index is 12.7. The zero-order valence-corrected chi connectivity index (χ0v) is 16.3. The fourth-order valence-electron chi connectivity index (χ4n) is 3.55. The van der Waals surface area contributed by atoms with Gasteiger partial charge in [-0.05, 0) is 44.2 Å². The van der Waals surface area contributed by atoms with Crippen molar-refractivity contribution in [1.82, 2.24) is 5.32 Å². The van der Waals surface area contributed by atoms with E-state index in [1.54, 1.807) is 50.3 Å². The lowest BCUT2D eigenvalue weighted by Gasteiger charge is -2.25. The minimum absolute atomic E-state index is 0.169. The molecule has 1 aromatic rings. The third kappa shape index (κ3) is 5.31. The normalized spacial score (nSPS) is 23.9. The van der Waals surface area contributed by atoms with Crippen LogP contribution in [0.1, 0.15) is 30.6 Å². The molecule has 0 aliphatic heterocycles. The van der Waals surface area contributed by atoms with Crippen molar-refractivity contribution < 1.29 is 23.9 Å². The first-order valence-corrected chi connectivity index (χ1v) is 9.51. The zero-order chi connectivity index (χ0) is 20.5. The van der Waals surface area contributed by atoms with Crippen molar-refractivity contribution in [3.05, 3.63) is 60.7 Å². The van der Waals surface area contributed by atoms with Crippen LogP contribution in [-0.2, 0) is 19.1 Å². The molecule has 1 saturated carbocycles. The topological polar surface area (TPSA) is 81.7 Å². The molecule has 150 valence electrons. The van der Waals surface area contributed by atoms with E-state index in [-0.39, 0.29) is 36.9 Å². The Labute approximate surface area is 165 Å². The van der Waals surface area contributed by atoms with E-state index in [4.69, 9.17) is 9.47 Å². The minimum atomic E-state index is -0.568. The van der Waals surface area contributed by atoms with Crippen LogP contribution in [0.4, 0.5) is 0 Å². The van der Waals surface area contributed by atoms with Crippen LogP contribution >= 0.6 is 0 Å². The van der Waals surface area contributed by atoms with Gasteiger partial charge in [0, 0.05) is 17.7 Å². The molecule has 1 aromatic carbocycles. The molecule has 1 aliphatic carbocycles. The van der Waals surface area contributed by atoms with Crippen LogP contribution in [0.2, 0.25) is 0 Å². The second-order valence-electron chi connectivity index (χ2n) is 6.55. The molecule has 4 atom stereocenters. The summed E-state index contributed by atoms with van der Waals surface area (Å²) in [5.74, 6) is -2.07. The predicted molar refractivity (Wildman–Crippen MR) is 105 cm³/mol. The SMILES string of the molecule is C=C[C@H]1C[C@@H](/C=C/C(=O)OCC)[C@H](NC(=O)c2ccccc2)[C@@H]1C(=O)OCC. The molecule has 0 aromatic heterocycles. The Morgan fingerprint density at radius 1 is 1.11 bits per heavy atom. The minimum Gasteiger partial charge on any atom is -0.466 e. The highest BCUT2D eigenvalue weighted by atomic mass is 16.5. The molecule has 0 saturated heterocycles. The highest BCUT2D eigenvalue weighted by molar-refractivity contribution is 5.94. The van der Waals surface area contributed by atoms with E-state index in [2.05, 4.69) is 11.9 Å². The number of esters is 2. The summed E-state index contributed by atoms with van der Waals surface area (Å²) < 4.78 is 10.2. The van der Waals surface area contributed by atoms with Gasteiger partial charge in [0.15, 0.2) is 0 Å². The summed E-state index contributed by atoms with van der Waals surface area (Å²) >= 11 is 0. The summed E-state index contributed by atoms with van der Waals surface area (Å²) in [6.07, 6.45) is 5.33. The number of rotatable bonds is 8. The smallest absolute Gasteiger partial charge is 0.330 e. The lowest BCUT2D eigenvalue weighted by Crippen LogP contribution is -2.45. The predicted octanol–water partition coefficient (Wildman–Crippen LogP) is 2.91. The fourth-order valence-corrected chi connectivity index (χ4v) is 3.55. The van der Waals surface area contributed by atoms with Gasteiger partial charge in [-0.3, -0.25) is 9.59 Å². The number of hydrogen-bond acceptors (Lipinski definition) is 5. The number of nitrogens with one attached hydrogen (secondary N) is 1. The van der Waals surface area contributed by atoms with Crippen LogP contribution in [-0.4, -0.2) is 37.1 Å². The van der Waals surface area contributed by atoms with Crippen molar-refractivity contribution in [3.63, 3.8) is 0 Å². The third-order valence-corrected chi connectivity index (χ3v) is 4.82. The van der Waals surface area contributed by atoms with E-state index in [0.29, 0.717) is 12.0 Å². The molecular formula is C22H27NO5. The van der Waals surface area contributed by atoms with E-state index >= 15 is 0 Å². The summed E-state index contributed by atoms with van der Waals surface area (Å²) in [4.78, 5) is 37.0. The quantitative estimate of drug-likeness (QED) is 0.423. The molecule has 1 amide bonds. The van der Waals surface area contributed by atoms with Crippen molar-refractivity contribution in [2.75, 3.05) is 13.2 Å². The Hall–Kier alpha value is -2.89. The highest BCUT2D eigenvalue weighted by Gasteiger charge is 2.46. The third-order valence-electron chi connectivity index (χ3n) is 4.82. The Morgan fingerprint density at radius 3 is 2.39 bits per heavy atom. The maximum absolute atomic E-state index is 12.7. The van der Waals surface area contributed by atoms with Crippen molar-refractivity contribution in [2.45, 2.75) is 26.3 Å². The van der Waals surface area contributed by atoms with Gasteiger partial charge in [0.05, 0.1) is 19.1 Å². The molecule has 28 heavy (non-hydrogen) atoms. The summed E-state index contributed by atoms with van der Waals surface area (Å²) in [6, 6.07) is 8.27. The summed E-state index contributed by atoms with van der Waals surface area (Å²) in [5, 5.41) is 2.96. The van der Waals surface area contributed by atoms with E-state index in [1.807, 2.05) is 6.07 Å². The van der Waals surface area contributed by atoms with E-state index in [0.717, 1.165) is 0 Å². The Kier molecular flexibility index (Phi) is 7.99. The molecule has 6 nitrogen and oxygen atoms in total. The molecule has 1 aliphatic rings. The average Bonchev–Trinajstić information content (AvgIpc) is 3.05. The number of ether oxygens (including phenoxy) is 2. The Balaban J connectivity index is 2.28. The first-order chi connectivity index (χ1) is 13.5. The molecule has 1 N–H and O–H groups in total. The van der Waals surface area contributed by atoms with Crippen molar-refractivity contribution in [3.8, 4) is 0 Å². The lowest BCUT2D eigenvalue weighted by molar-refractivity contribution is -0.149. The van der Waals surface area contributed by atoms with E-state index in [1.165, 1.54) is 6.08 Å². The van der Waals surface area contributed by atoms with Crippen LogP contribution in [0.15, 0.2) is 55.1 Å². The monoisotopic (exact) mass is 385 g/mol. The standard InChI is InChI=1S/C22H27NO5/c1-4-15-14-17(12-13-18(24)27-5-2)20(19(15)22(26)28-6-3)23-21(25)16-10-8-7-9-11-16/h4,7-13,15,17,19-20H,1,5-6,14H2,2-3H3,(H,23,25)/b13-12+/t15-,17+,19+,20-/m0/s1. The highest BCUT2D eigenvalue weighted by Crippen LogP contribution is 2.39. The summed E-state index contributed by atoms with van der Waals surface area (Å²) in [6.45, 7) is 7.83. The first-order valence-electron chi connectivity index (χ1n) is 9.51. The van der Waals surface area contributed by atoms with Gasteiger partial charge >= 0.3 is 11.9 Å². The van der Waals surface area contributed by atoms with E-state index < -0.39 is 17.9 Å². The Morgan fingerprint density at radius 2 is 1.79 bits per heavy atom. The van der Waals surface area contributed by atoms with E-state index in [9.17, 15) is 14.4 Å². The van der Waals surface area contributed by atoms with Gasteiger partial charge in [0.1, 0.15) is 0 Å². The first kappa shape index (κ1) is 21.4. The molecule has 0 unspecified atom stereocenters. The Bertz CT molecular complexity index is 728. The number of benzene rings is 1. The second-order valence-corrected chi connectivity index (χ2v) is 6.55. The zero-order valence-electron chi connectivity index (χ0n) is 16.3. The van der Waals surface area contributed by atoms with Crippen LogP contribution < -0.4 is 5.32 Å². The number of allylic oxidation sites excluding steroid dienone is 1. The number of carbonyl (C=O) groups is 3. The fraction of sp³-hybridized carbons (Fsp3) is 0.409. The molecular weight excluding hydrogens is 358 g/mol. The molecule has 0 radical (unpaired) electrons. The molecule has 1 fully saturated rings. The summed E-state index contributed by atoms with van der Waals surface area (Å²) in [5.41, 5.74) is 0.500. The molecule has 6 heteroatoms. The van der Waals surface area contributed by atoms with Gasteiger partial charge in [-0.15, -0.1) is 6.58 Å². The summed E-state index contributed by atoms with van der Waals surface area (Å²) in [7, 11) is 0. The van der Waals surface area contributed by atoms with Gasteiger partial charge in [-0.1, -0.05) is 30.4 Å². The van der Waals surface area contributed by atoms with Crippen LogP contribution in [0.25, 0.3) is 0 Å². The molecule has 2 rings (SSSR count). The maximum Gasteiger partial charge on any atom is 0.330 e. The largest absolute Gasteiger partial charge is 0.466 e. The van der Waals surface area contributed by atoms with Gasteiger partial charge in [0.25, 0.3) is 5.91 Å². The van der Waals surface area contributed by atoms with Crippen molar-refractivity contribution in [1.29, 1.82) is 0 Å². The van der Waals surface area contributed by atoms with Gasteiger partial charge in [-0.2, -0.15) is 0 Å². The van der Waals surface area contributed by atoms with Gasteiger partial charge in [0.2, 0.25) is 0 Å². The van der Waals surface area contributed by atoms with Crippen molar-refractivity contribution in [2.24, 2.45) is 17.8 Å². The number of carbonyl (C=O) groups excluding carboxylic acids is 3. The van der Waals surface area contributed by atoms with Crippen molar-refractivity contribution >= 4 is 17.8 Å². The number of hydrogen-bond donors (Lipinski definition) is 1. The van der Waals surface area contributed by atoms with Crippen LogP contribution in [0.3, 0.4) is 0 Å².